The Bertz CT molecular complexity index is 504. The molecule has 2 rings (SSSR count). The van der Waals surface area contributed by atoms with Gasteiger partial charge in [0.25, 0.3) is 0 Å². The molecule has 96 valence electrons. The Morgan fingerprint density at radius 3 is 2.83 bits per heavy atom. The van der Waals surface area contributed by atoms with Crippen molar-refractivity contribution in [3.63, 3.8) is 0 Å². The van der Waals surface area contributed by atoms with E-state index in [4.69, 9.17) is 5.84 Å². The van der Waals surface area contributed by atoms with Crippen LogP contribution in [0.5, 0.6) is 0 Å². The number of aryl methyl sites for hydroxylation is 2. The van der Waals surface area contributed by atoms with Gasteiger partial charge in [-0.1, -0.05) is 24.3 Å². The molecule has 1 unspecified atom stereocenters. The lowest BCUT2D eigenvalue weighted by atomic mass is 9.99. The van der Waals surface area contributed by atoms with Crippen molar-refractivity contribution in [2.75, 3.05) is 0 Å². The van der Waals surface area contributed by atoms with Gasteiger partial charge in [0, 0.05) is 25.4 Å². The smallest absolute Gasteiger partial charge is 0.110 e. The van der Waals surface area contributed by atoms with Crippen molar-refractivity contribution in [2.24, 2.45) is 5.84 Å². The quantitative estimate of drug-likeness (QED) is 0.624. The maximum absolute atomic E-state index is 5.69. The van der Waals surface area contributed by atoms with Gasteiger partial charge in [-0.2, -0.15) is 0 Å². The van der Waals surface area contributed by atoms with E-state index in [-0.39, 0.29) is 6.04 Å². The first-order valence-electron chi connectivity index (χ1n) is 6.28. The molecule has 0 spiro atoms. The van der Waals surface area contributed by atoms with Crippen LogP contribution in [0.1, 0.15) is 29.9 Å². The molecular weight excluding hydrogens is 224 g/mol. The number of nitrogens with two attached hydrogens (primary N) is 1. The average molecular weight is 244 g/mol. The average Bonchev–Trinajstić information content (AvgIpc) is 2.84. The van der Waals surface area contributed by atoms with E-state index >= 15 is 0 Å². The minimum atomic E-state index is 0.0962. The molecule has 0 aliphatic heterocycles. The molecule has 0 saturated carbocycles. The number of nitrogens with one attached hydrogen (secondary N) is 1. The summed E-state index contributed by atoms with van der Waals surface area (Å²) in [4.78, 5) is 4.40. The number of hydrogen-bond donors (Lipinski definition) is 2. The van der Waals surface area contributed by atoms with Crippen molar-refractivity contribution < 1.29 is 0 Å². The van der Waals surface area contributed by atoms with Gasteiger partial charge >= 0.3 is 0 Å². The highest BCUT2D eigenvalue weighted by Gasteiger charge is 2.15. The zero-order valence-electron chi connectivity index (χ0n) is 10.9. The Hall–Kier alpha value is -1.65. The van der Waals surface area contributed by atoms with Crippen LogP contribution in [0.2, 0.25) is 0 Å². The Morgan fingerprint density at radius 1 is 1.39 bits per heavy atom. The van der Waals surface area contributed by atoms with Gasteiger partial charge in [0.2, 0.25) is 0 Å². The van der Waals surface area contributed by atoms with Crippen LogP contribution < -0.4 is 11.3 Å². The maximum atomic E-state index is 5.69. The molecule has 0 radical (unpaired) electrons. The predicted molar refractivity (Wildman–Crippen MR) is 72.8 cm³/mol. The third-order valence-electron chi connectivity index (χ3n) is 3.29. The Kier molecular flexibility index (Phi) is 4.12. The molecule has 4 nitrogen and oxygen atoms in total. The molecule has 0 aliphatic rings. The summed E-state index contributed by atoms with van der Waals surface area (Å²) in [6.07, 6.45) is 4.63. The topological polar surface area (TPSA) is 55.9 Å². The molecule has 0 amide bonds. The number of hydrazine groups is 1. The molecule has 18 heavy (non-hydrogen) atoms. The molecular formula is C14H20N4. The highest BCUT2D eigenvalue weighted by atomic mass is 15.2. The van der Waals surface area contributed by atoms with Crippen LogP contribution in [0.3, 0.4) is 0 Å². The van der Waals surface area contributed by atoms with Gasteiger partial charge in [0.1, 0.15) is 5.82 Å². The summed E-state index contributed by atoms with van der Waals surface area (Å²) in [6, 6.07) is 8.39. The third kappa shape index (κ3) is 2.60. The summed E-state index contributed by atoms with van der Waals surface area (Å²) in [5, 5.41) is 0. The van der Waals surface area contributed by atoms with E-state index in [1.165, 1.54) is 11.1 Å². The lowest BCUT2D eigenvalue weighted by molar-refractivity contribution is 0.521. The van der Waals surface area contributed by atoms with Gasteiger partial charge in [-0.05, 0) is 25.0 Å². The van der Waals surface area contributed by atoms with E-state index in [1.54, 1.807) is 0 Å². The summed E-state index contributed by atoms with van der Waals surface area (Å²) < 4.78 is 2.14. The fourth-order valence-electron chi connectivity index (χ4n) is 2.24. The summed E-state index contributed by atoms with van der Waals surface area (Å²) in [6.45, 7) is 5.15. The van der Waals surface area contributed by atoms with Crippen molar-refractivity contribution in [3.8, 4) is 0 Å². The van der Waals surface area contributed by atoms with Crippen LogP contribution in [0.4, 0.5) is 0 Å². The second-order valence-electron chi connectivity index (χ2n) is 4.41. The van der Waals surface area contributed by atoms with Crippen molar-refractivity contribution >= 4 is 0 Å². The van der Waals surface area contributed by atoms with Gasteiger partial charge in [-0.15, -0.1) is 0 Å². The van der Waals surface area contributed by atoms with E-state index < -0.39 is 0 Å². The van der Waals surface area contributed by atoms with Crippen LogP contribution in [-0.4, -0.2) is 9.55 Å². The van der Waals surface area contributed by atoms with Crippen molar-refractivity contribution in [2.45, 2.75) is 32.9 Å². The van der Waals surface area contributed by atoms with Crippen LogP contribution in [-0.2, 0) is 13.0 Å². The second kappa shape index (κ2) is 5.80. The zero-order chi connectivity index (χ0) is 13.0. The minimum Gasteiger partial charge on any atom is -0.335 e. The lowest BCUT2D eigenvalue weighted by Crippen LogP contribution is -2.30. The number of benzene rings is 1. The largest absolute Gasteiger partial charge is 0.335 e. The normalized spacial score (nSPS) is 12.6. The zero-order valence-corrected chi connectivity index (χ0v) is 10.9. The molecule has 2 aromatic rings. The number of nitrogens with zero attached hydrogens (tertiary/aromatic N) is 2. The van der Waals surface area contributed by atoms with Crippen LogP contribution in [0.25, 0.3) is 0 Å². The Balaban J connectivity index is 2.23. The van der Waals surface area contributed by atoms with Crippen LogP contribution >= 0.6 is 0 Å². The standard InChI is InChI=1S/C14H20N4/c1-3-18-9-8-16-14(18)10-13(17-15)12-7-5-4-6-11(12)2/h4-9,13,17H,3,10,15H2,1-2H3. The summed E-state index contributed by atoms with van der Waals surface area (Å²) in [7, 11) is 0. The predicted octanol–water partition coefficient (Wildman–Crippen LogP) is 1.96. The first kappa shape index (κ1) is 12.8. The molecule has 0 aliphatic carbocycles. The van der Waals surface area contributed by atoms with E-state index in [0.29, 0.717) is 0 Å². The third-order valence-corrected chi connectivity index (χ3v) is 3.29. The van der Waals surface area contributed by atoms with E-state index in [0.717, 1.165) is 18.8 Å². The minimum absolute atomic E-state index is 0.0962. The molecule has 1 aromatic heterocycles. The van der Waals surface area contributed by atoms with Crippen molar-refractivity contribution in [1.82, 2.24) is 15.0 Å². The Morgan fingerprint density at radius 2 is 2.17 bits per heavy atom. The fraction of sp³-hybridized carbons (Fsp3) is 0.357. The number of imidazole rings is 1. The Labute approximate surface area is 108 Å². The number of rotatable bonds is 5. The molecule has 0 saturated heterocycles. The number of hydrogen-bond acceptors (Lipinski definition) is 3. The first-order valence-corrected chi connectivity index (χ1v) is 6.28. The monoisotopic (exact) mass is 244 g/mol. The molecule has 4 heteroatoms. The van der Waals surface area contributed by atoms with Crippen LogP contribution in [0, 0.1) is 6.92 Å². The molecule has 0 bridgehead atoms. The van der Waals surface area contributed by atoms with E-state index in [2.05, 4.69) is 41.0 Å². The molecule has 1 heterocycles. The first-order chi connectivity index (χ1) is 8.76. The summed E-state index contributed by atoms with van der Waals surface area (Å²) in [5.74, 6) is 6.75. The molecule has 1 aromatic carbocycles. The van der Waals surface area contributed by atoms with Gasteiger partial charge in [-0.25, -0.2) is 4.98 Å². The maximum Gasteiger partial charge on any atom is 0.110 e. The SMILES string of the molecule is CCn1ccnc1CC(NN)c1ccccc1C. The van der Waals surface area contributed by atoms with Crippen molar-refractivity contribution in [1.29, 1.82) is 0 Å². The van der Waals surface area contributed by atoms with Gasteiger partial charge in [-0.3, -0.25) is 11.3 Å². The summed E-state index contributed by atoms with van der Waals surface area (Å²) in [5.41, 5.74) is 5.37. The summed E-state index contributed by atoms with van der Waals surface area (Å²) >= 11 is 0. The van der Waals surface area contributed by atoms with Crippen LogP contribution in [0.15, 0.2) is 36.7 Å². The van der Waals surface area contributed by atoms with E-state index in [1.807, 2.05) is 24.5 Å². The highest BCUT2D eigenvalue weighted by Crippen LogP contribution is 2.20. The van der Waals surface area contributed by atoms with E-state index in [9.17, 15) is 0 Å². The van der Waals surface area contributed by atoms with Gasteiger partial charge in [0.05, 0.1) is 6.04 Å². The molecule has 0 fully saturated rings. The highest BCUT2D eigenvalue weighted by molar-refractivity contribution is 5.29. The van der Waals surface area contributed by atoms with Crippen molar-refractivity contribution in [3.05, 3.63) is 53.6 Å². The number of aromatic nitrogens is 2. The van der Waals surface area contributed by atoms with Gasteiger partial charge < -0.3 is 4.57 Å². The molecule has 3 N–H and O–H groups in total. The molecule has 1 atom stereocenters. The van der Waals surface area contributed by atoms with Gasteiger partial charge in [0.15, 0.2) is 0 Å². The lowest BCUT2D eigenvalue weighted by Gasteiger charge is -2.18. The fourth-order valence-corrected chi connectivity index (χ4v) is 2.24. The second-order valence-corrected chi connectivity index (χ2v) is 4.41.